The number of alkyl halides is 1. The van der Waals surface area contributed by atoms with E-state index in [4.69, 9.17) is 0 Å². The van der Waals surface area contributed by atoms with Crippen LogP contribution in [0.2, 0.25) is 0 Å². The van der Waals surface area contributed by atoms with Crippen molar-refractivity contribution >= 4 is 11.9 Å². The van der Waals surface area contributed by atoms with Gasteiger partial charge in [-0.3, -0.25) is 4.98 Å². The average molecular weight is 302 g/mol. The number of carboxylic acid groups (broad SMARTS) is 1. The molecular formula is C15H15FN4O2. The van der Waals surface area contributed by atoms with Gasteiger partial charge in [-0.05, 0) is 24.1 Å². The van der Waals surface area contributed by atoms with Crippen LogP contribution in [0.15, 0.2) is 36.9 Å². The van der Waals surface area contributed by atoms with Crippen LogP contribution in [-0.2, 0) is 4.79 Å². The SMILES string of the molecule is Cc1cnc(N2C[C@@H](c3cccnc3)[C@](F)(C(=O)O)C2)nc1. The zero-order valence-corrected chi connectivity index (χ0v) is 12.0. The summed E-state index contributed by atoms with van der Waals surface area (Å²) in [5, 5.41) is 9.35. The molecule has 1 aliphatic rings. The highest BCUT2D eigenvalue weighted by molar-refractivity contribution is 5.81. The van der Waals surface area contributed by atoms with E-state index in [2.05, 4.69) is 15.0 Å². The Morgan fingerprint density at radius 3 is 2.73 bits per heavy atom. The summed E-state index contributed by atoms with van der Waals surface area (Å²) in [5.74, 6) is -1.96. The number of aliphatic carboxylic acids is 1. The minimum atomic E-state index is -2.39. The van der Waals surface area contributed by atoms with Crippen molar-refractivity contribution in [3.05, 3.63) is 48.0 Å². The van der Waals surface area contributed by atoms with Crippen molar-refractivity contribution in [1.82, 2.24) is 15.0 Å². The minimum absolute atomic E-state index is 0.192. The number of nitrogens with zero attached hydrogens (tertiary/aromatic N) is 4. The highest BCUT2D eigenvalue weighted by Crippen LogP contribution is 2.40. The third kappa shape index (κ3) is 2.38. The zero-order valence-electron chi connectivity index (χ0n) is 12.0. The molecule has 7 heteroatoms. The first-order valence-electron chi connectivity index (χ1n) is 6.86. The number of rotatable bonds is 3. The number of hydrogen-bond donors (Lipinski definition) is 1. The van der Waals surface area contributed by atoms with Crippen molar-refractivity contribution in [2.75, 3.05) is 18.0 Å². The van der Waals surface area contributed by atoms with E-state index in [1.165, 1.54) is 6.20 Å². The third-order valence-corrected chi connectivity index (χ3v) is 3.87. The molecule has 0 amide bonds. The van der Waals surface area contributed by atoms with Crippen LogP contribution in [0, 0.1) is 6.92 Å². The van der Waals surface area contributed by atoms with Gasteiger partial charge in [0, 0.05) is 31.3 Å². The predicted molar refractivity (Wildman–Crippen MR) is 77.4 cm³/mol. The first-order chi connectivity index (χ1) is 10.5. The van der Waals surface area contributed by atoms with Crippen molar-refractivity contribution < 1.29 is 14.3 Å². The zero-order chi connectivity index (χ0) is 15.7. The summed E-state index contributed by atoms with van der Waals surface area (Å²) in [6.07, 6.45) is 6.32. The quantitative estimate of drug-likeness (QED) is 0.927. The van der Waals surface area contributed by atoms with Gasteiger partial charge in [0.1, 0.15) is 0 Å². The Bertz CT molecular complexity index is 680. The maximum absolute atomic E-state index is 15.1. The second-order valence-corrected chi connectivity index (χ2v) is 5.45. The van der Waals surface area contributed by atoms with Crippen molar-refractivity contribution in [2.45, 2.75) is 18.5 Å². The summed E-state index contributed by atoms with van der Waals surface area (Å²) in [6.45, 7) is 1.76. The molecule has 0 bridgehead atoms. The molecule has 3 rings (SSSR count). The summed E-state index contributed by atoms with van der Waals surface area (Å²) in [4.78, 5) is 25.3. The Balaban J connectivity index is 1.95. The van der Waals surface area contributed by atoms with Gasteiger partial charge in [-0.2, -0.15) is 0 Å². The van der Waals surface area contributed by atoms with E-state index in [0.717, 1.165) is 5.56 Å². The van der Waals surface area contributed by atoms with Crippen molar-refractivity contribution in [3.8, 4) is 0 Å². The summed E-state index contributed by atoms with van der Waals surface area (Å²) in [5.41, 5.74) is -0.949. The van der Waals surface area contributed by atoms with Gasteiger partial charge in [0.05, 0.1) is 12.5 Å². The third-order valence-electron chi connectivity index (χ3n) is 3.87. The summed E-state index contributed by atoms with van der Waals surface area (Å²) < 4.78 is 15.1. The molecule has 1 N–H and O–H groups in total. The fourth-order valence-corrected chi connectivity index (χ4v) is 2.69. The van der Waals surface area contributed by atoms with Gasteiger partial charge in [-0.1, -0.05) is 6.07 Å². The fraction of sp³-hybridized carbons (Fsp3) is 0.333. The van der Waals surface area contributed by atoms with Gasteiger partial charge in [-0.25, -0.2) is 19.2 Å². The summed E-state index contributed by atoms with van der Waals surface area (Å²) in [7, 11) is 0. The smallest absolute Gasteiger partial charge is 0.344 e. The Kier molecular flexibility index (Phi) is 3.48. The van der Waals surface area contributed by atoms with E-state index < -0.39 is 17.6 Å². The molecule has 2 aromatic rings. The topological polar surface area (TPSA) is 79.2 Å². The number of aryl methyl sites for hydroxylation is 1. The van der Waals surface area contributed by atoms with Crippen molar-refractivity contribution in [1.29, 1.82) is 0 Å². The number of anilines is 1. The molecule has 0 aliphatic carbocycles. The molecule has 2 aromatic heterocycles. The van der Waals surface area contributed by atoms with Crippen LogP contribution in [0.1, 0.15) is 17.0 Å². The lowest BCUT2D eigenvalue weighted by molar-refractivity contribution is -0.150. The Morgan fingerprint density at radius 2 is 2.14 bits per heavy atom. The lowest BCUT2D eigenvalue weighted by Crippen LogP contribution is -2.41. The molecule has 1 fully saturated rings. The van der Waals surface area contributed by atoms with Gasteiger partial charge in [0.15, 0.2) is 0 Å². The maximum atomic E-state index is 15.1. The van der Waals surface area contributed by atoms with E-state index in [0.29, 0.717) is 11.5 Å². The van der Waals surface area contributed by atoms with Crippen LogP contribution < -0.4 is 4.90 Å². The average Bonchev–Trinajstić information content (AvgIpc) is 2.88. The van der Waals surface area contributed by atoms with Crippen molar-refractivity contribution in [2.24, 2.45) is 0 Å². The van der Waals surface area contributed by atoms with Crippen LogP contribution in [0.3, 0.4) is 0 Å². The number of carboxylic acids is 1. The predicted octanol–water partition coefficient (Wildman–Crippen LogP) is 1.58. The minimum Gasteiger partial charge on any atom is -0.479 e. The molecule has 0 spiro atoms. The Morgan fingerprint density at radius 1 is 1.41 bits per heavy atom. The lowest BCUT2D eigenvalue weighted by atomic mass is 9.87. The van der Waals surface area contributed by atoms with Crippen molar-refractivity contribution in [3.63, 3.8) is 0 Å². The first kappa shape index (κ1) is 14.4. The van der Waals surface area contributed by atoms with E-state index in [9.17, 15) is 9.90 Å². The Labute approximate surface area is 126 Å². The molecule has 0 radical (unpaired) electrons. The second-order valence-electron chi connectivity index (χ2n) is 5.45. The van der Waals surface area contributed by atoms with Crippen LogP contribution in [0.5, 0.6) is 0 Å². The van der Waals surface area contributed by atoms with Crippen LogP contribution >= 0.6 is 0 Å². The van der Waals surface area contributed by atoms with E-state index >= 15 is 4.39 Å². The van der Waals surface area contributed by atoms with E-state index in [1.54, 1.807) is 35.6 Å². The molecule has 0 aromatic carbocycles. The number of halogens is 1. The lowest BCUT2D eigenvalue weighted by Gasteiger charge is -2.21. The fourth-order valence-electron chi connectivity index (χ4n) is 2.69. The second kappa shape index (κ2) is 5.32. The molecular weight excluding hydrogens is 287 g/mol. The van der Waals surface area contributed by atoms with E-state index in [-0.39, 0.29) is 13.1 Å². The highest BCUT2D eigenvalue weighted by Gasteiger charge is 2.54. The monoisotopic (exact) mass is 302 g/mol. The van der Waals surface area contributed by atoms with Gasteiger partial charge in [0.25, 0.3) is 0 Å². The first-order valence-corrected chi connectivity index (χ1v) is 6.86. The van der Waals surface area contributed by atoms with Gasteiger partial charge in [0.2, 0.25) is 11.6 Å². The molecule has 6 nitrogen and oxygen atoms in total. The standard InChI is InChI=1S/C15H15FN4O2/c1-10-5-18-14(19-6-10)20-8-12(11-3-2-4-17-7-11)15(16,9-20)13(21)22/h2-7,12H,8-9H2,1H3,(H,21,22)/t12-,15-/m0/s1. The molecule has 1 saturated heterocycles. The largest absolute Gasteiger partial charge is 0.479 e. The van der Waals surface area contributed by atoms with Gasteiger partial charge in [-0.15, -0.1) is 0 Å². The normalized spacial score (nSPS) is 24.5. The van der Waals surface area contributed by atoms with Gasteiger partial charge < -0.3 is 10.0 Å². The number of hydrogen-bond acceptors (Lipinski definition) is 5. The van der Waals surface area contributed by atoms with Crippen LogP contribution in [0.4, 0.5) is 10.3 Å². The van der Waals surface area contributed by atoms with Crippen LogP contribution in [-0.4, -0.2) is 44.8 Å². The van der Waals surface area contributed by atoms with Crippen LogP contribution in [0.25, 0.3) is 0 Å². The highest BCUT2D eigenvalue weighted by atomic mass is 19.1. The molecule has 22 heavy (non-hydrogen) atoms. The Hall–Kier alpha value is -2.57. The molecule has 1 aliphatic heterocycles. The molecule has 114 valence electrons. The van der Waals surface area contributed by atoms with E-state index in [1.807, 2.05) is 6.92 Å². The molecule has 3 heterocycles. The number of pyridine rings is 1. The summed E-state index contributed by atoms with van der Waals surface area (Å²) >= 11 is 0. The number of aromatic nitrogens is 3. The molecule has 0 unspecified atom stereocenters. The van der Waals surface area contributed by atoms with Gasteiger partial charge >= 0.3 is 5.97 Å². The summed E-state index contributed by atoms with van der Waals surface area (Å²) in [6, 6.07) is 3.36. The maximum Gasteiger partial charge on any atom is 0.344 e. The molecule has 2 atom stereocenters. The number of carbonyl (C=O) groups is 1. The molecule has 0 saturated carbocycles.